The number of ether oxygens (including phenoxy) is 1. The minimum absolute atomic E-state index is 0.704. The Morgan fingerprint density at radius 3 is 2.65 bits per heavy atom. The van der Waals surface area contributed by atoms with Gasteiger partial charge >= 0.3 is 0 Å². The Hall–Kier alpha value is -1.82. The zero-order valence-corrected chi connectivity index (χ0v) is 13.1. The molecular formula is C16H13IN2O. The molecule has 0 fully saturated rings. The third kappa shape index (κ3) is 2.56. The van der Waals surface area contributed by atoms with E-state index in [2.05, 4.69) is 27.6 Å². The van der Waals surface area contributed by atoms with Gasteiger partial charge in [0.25, 0.3) is 0 Å². The zero-order valence-electron chi connectivity index (χ0n) is 10.9. The van der Waals surface area contributed by atoms with Gasteiger partial charge in [0.05, 0.1) is 9.09 Å². The Morgan fingerprint density at radius 1 is 1.05 bits per heavy atom. The van der Waals surface area contributed by atoms with Crippen LogP contribution in [-0.4, -0.2) is 4.98 Å². The number of anilines is 1. The van der Waals surface area contributed by atoms with Gasteiger partial charge in [-0.15, -0.1) is 0 Å². The summed E-state index contributed by atoms with van der Waals surface area (Å²) >= 11 is 2.26. The molecule has 0 spiro atoms. The topological polar surface area (TPSA) is 48.1 Å². The standard InChI is InChI=1S/C16H13IN2O/c1-10-8-16(20-15-5-3-2-4-13(15)17)12-9-11(18)6-7-14(12)19-10/h2-9H,18H2,1H3. The van der Waals surface area contributed by atoms with E-state index in [1.54, 1.807) is 0 Å². The van der Waals surface area contributed by atoms with E-state index in [0.717, 1.165) is 31.7 Å². The van der Waals surface area contributed by atoms with Crippen LogP contribution in [0, 0.1) is 10.5 Å². The number of fused-ring (bicyclic) bond motifs is 1. The van der Waals surface area contributed by atoms with Crippen LogP contribution in [0.5, 0.6) is 11.5 Å². The molecule has 0 atom stereocenters. The molecule has 0 aliphatic rings. The molecule has 4 heteroatoms. The van der Waals surface area contributed by atoms with E-state index in [0.29, 0.717) is 5.69 Å². The van der Waals surface area contributed by atoms with E-state index in [9.17, 15) is 0 Å². The van der Waals surface area contributed by atoms with E-state index in [1.165, 1.54) is 0 Å². The summed E-state index contributed by atoms with van der Waals surface area (Å²) in [5.74, 6) is 1.62. The van der Waals surface area contributed by atoms with Crippen molar-refractivity contribution in [1.82, 2.24) is 4.98 Å². The maximum absolute atomic E-state index is 6.06. The number of halogens is 1. The van der Waals surface area contributed by atoms with Crippen molar-refractivity contribution in [2.24, 2.45) is 0 Å². The van der Waals surface area contributed by atoms with Crippen LogP contribution in [-0.2, 0) is 0 Å². The molecule has 3 aromatic rings. The number of pyridine rings is 1. The van der Waals surface area contributed by atoms with Crippen molar-refractivity contribution in [2.75, 3.05) is 5.73 Å². The molecule has 0 amide bonds. The Bertz CT molecular complexity index is 787. The Balaban J connectivity index is 2.15. The maximum atomic E-state index is 6.06. The lowest BCUT2D eigenvalue weighted by Crippen LogP contribution is -1.93. The summed E-state index contributed by atoms with van der Waals surface area (Å²) in [5.41, 5.74) is 8.38. The van der Waals surface area contributed by atoms with Gasteiger partial charge in [-0.2, -0.15) is 0 Å². The van der Waals surface area contributed by atoms with Gasteiger partial charge in [-0.3, -0.25) is 4.98 Å². The van der Waals surface area contributed by atoms with Crippen molar-refractivity contribution >= 4 is 39.2 Å². The summed E-state index contributed by atoms with van der Waals surface area (Å²) in [6.07, 6.45) is 0. The molecule has 2 N–H and O–H groups in total. The summed E-state index contributed by atoms with van der Waals surface area (Å²) in [5, 5.41) is 0.926. The SMILES string of the molecule is Cc1cc(Oc2ccccc2I)c2cc(N)ccc2n1. The van der Waals surface area contributed by atoms with Gasteiger partial charge in [-0.25, -0.2) is 0 Å². The van der Waals surface area contributed by atoms with Gasteiger partial charge in [-0.1, -0.05) is 12.1 Å². The molecule has 1 heterocycles. The van der Waals surface area contributed by atoms with Gasteiger partial charge < -0.3 is 10.5 Å². The normalized spacial score (nSPS) is 10.7. The Labute approximate surface area is 130 Å². The number of nitrogen functional groups attached to an aromatic ring is 1. The van der Waals surface area contributed by atoms with Gasteiger partial charge in [0, 0.05) is 22.8 Å². The third-order valence-electron chi connectivity index (χ3n) is 2.98. The number of aryl methyl sites for hydroxylation is 1. The predicted molar refractivity (Wildman–Crippen MR) is 90.1 cm³/mol. The van der Waals surface area contributed by atoms with Crippen molar-refractivity contribution < 1.29 is 4.74 Å². The molecule has 1 aromatic heterocycles. The van der Waals surface area contributed by atoms with Crippen molar-refractivity contribution in [2.45, 2.75) is 6.92 Å². The number of para-hydroxylation sites is 1. The summed E-state index contributed by atoms with van der Waals surface area (Å²) in [4.78, 5) is 4.50. The first kappa shape index (κ1) is 13.2. The fourth-order valence-electron chi connectivity index (χ4n) is 2.07. The number of hydrogen-bond acceptors (Lipinski definition) is 3. The number of aromatic nitrogens is 1. The fourth-order valence-corrected chi connectivity index (χ4v) is 2.57. The number of nitrogens with zero attached hydrogens (tertiary/aromatic N) is 1. The summed E-state index contributed by atoms with van der Waals surface area (Å²) in [6.45, 7) is 1.96. The first-order chi connectivity index (χ1) is 9.63. The lowest BCUT2D eigenvalue weighted by Gasteiger charge is -2.11. The quantitative estimate of drug-likeness (QED) is 0.529. The van der Waals surface area contributed by atoms with Crippen molar-refractivity contribution in [3.63, 3.8) is 0 Å². The maximum Gasteiger partial charge on any atom is 0.140 e. The average molecular weight is 376 g/mol. The van der Waals surface area contributed by atoms with Crippen LogP contribution in [0.2, 0.25) is 0 Å². The summed E-state index contributed by atoms with van der Waals surface area (Å²) < 4.78 is 7.12. The van der Waals surface area contributed by atoms with E-state index in [1.807, 2.05) is 55.5 Å². The molecule has 0 bridgehead atoms. The van der Waals surface area contributed by atoms with Crippen LogP contribution in [0.15, 0.2) is 48.5 Å². The van der Waals surface area contributed by atoms with Crippen LogP contribution in [0.1, 0.15) is 5.69 Å². The van der Waals surface area contributed by atoms with Crippen molar-refractivity contribution in [1.29, 1.82) is 0 Å². The van der Waals surface area contributed by atoms with E-state index in [4.69, 9.17) is 10.5 Å². The largest absolute Gasteiger partial charge is 0.455 e. The summed E-state index contributed by atoms with van der Waals surface area (Å²) in [7, 11) is 0. The van der Waals surface area contributed by atoms with Crippen LogP contribution in [0.25, 0.3) is 10.9 Å². The highest BCUT2D eigenvalue weighted by Gasteiger charge is 2.08. The second-order valence-electron chi connectivity index (χ2n) is 4.57. The Morgan fingerprint density at radius 2 is 1.85 bits per heavy atom. The molecule has 0 saturated carbocycles. The van der Waals surface area contributed by atoms with Crippen LogP contribution in [0.3, 0.4) is 0 Å². The minimum Gasteiger partial charge on any atom is -0.455 e. The van der Waals surface area contributed by atoms with E-state index in [-0.39, 0.29) is 0 Å². The summed E-state index contributed by atoms with van der Waals surface area (Å²) in [6, 6.07) is 15.5. The van der Waals surface area contributed by atoms with Gasteiger partial charge in [-0.05, 0) is 59.8 Å². The van der Waals surface area contributed by atoms with Gasteiger partial charge in [0.15, 0.2) is 0 Å². The Kier molecular flexibility index (Phi) is 3.48. The first-order valence-corrected chi connectivity index (χ1v) is 7.30. The molecule has 0 unspecified atom stereocenters. The smallest absolute Gasteiger partial charge is 0.140 e. The zero-order chi connectivity index (χ0) is 14.1. The molecule has 0 radical (unpaired) electrons. The van der Waals surface area contributed by atoms with Gasteiger partial charge in [0.2, 0.25) is 0 Å². The second-order valence-corrected chi connectivity index (χ2v) is 5.73. The molecule has 3 nitrogen and oxygen atoms in total. The lowest BCUT2D eigenvalue weighted by atomic mass is 10.1. The molecule has 3 rings (SSSR count). The highest BCUT2D eigenvalue weighted by Crippen LogP contribution is 2.33. The number of benzene rings is 2. The fraction of sp³-hybridized carbons (Fsp3) is 0.0625. The molecule has 2 aromatic carbocycles. The predicted octanol–water partition coefficient (Wildman–Crippen LogP) is 4.52. The van der Waals surface area contributed by atoms with E-state index < -0.39 is 0 Å². The highest BCUT2D eigenvalue weighted by atomic mass is 127. The average Bonchev–Trinajstić information content (AvgIpc) is 2.42. The first-order valence-electron chi connectivity index (χ1n) is 6.23. The molecule has 0 aliphatic carbocycles. The minimum atomic E-state index is 0.704. The number of hydrogen-bond donors (Lipinski definition) is 1. The van der Waals surface area contributed by atoms with Crippen LogP contribution >= 0.6 is 22.6 Å². The van der Waals surface area contributed by atoms with Crippen LogP contribution in [0.4, 0.5) is 5.69 Å². The van der Waals surface area contributed by atoms with Crippen molar-refractivity contribution in [3.8, 4) is 11.5 Å². The monoisotopic (exact) mass is 376 g/mol. The lowest BCUT2D eigenvalue weighted by molar-refractivity contribution is 0.484. The molecule has 100 valence electrons. The third-order valence-corrected chi connectivity index (χ3v) is 3.87. The van der Waals surface area contributed by atoms with Crippen molar-refractivity contribution in [3.05, 3.63) is 57.8 Å². The molecular weight excluding hydrogens is 363 g/mol. The number of nitrogens with two attached hydrogens (primary N) is 1. The second kappa shape index (κ2) is 5.28. The van der Waals surface area contributed by atoms with E-state index >= 15 is 0 Å². The van der Waals surface area contributed by atoms with Crippen LogP contribution < -0.4 is 10.5 Å². The van der Waals surface area contributed by atoms with Gasteiger partial charge in [0.1, 0.15) is 11.5 Å². The molecule has 0 saturated heterocycles. The number of rotatable bonds is 2. The molecule has 0 aliphatic heterocycles. The molecule has 20 heavy (non-hydrogen) atoms. The highest BCUT2D eigenvalue weighted by molar-refractivity contribution is 14.1.